The quantitative estimate of drug-likeness (QED) is 0.799. The number of aliphatic hydroxyl groups is 1. The van der Waals surface area contributed by atoms with Crippen LogP contribution in [0.1, 0.15) is 12.5 Å². The first-order valence-electron chi connectivity index (χ1n) is 5.33. The molecule has 0 bridgehead atoms. The molecule has 1 aromatic carbocycles. The van der Waals surface area contributed by atoms with E-state index in [1.165, 1.54) is 5.56 Å². The number of ether oxygens (including phenoxy) is 1. The number of nitrogens with zero attached hydrogens (tertiary/aromatic N) is 1. The number of aliphatic hydroxyl groups excluding tert-OH is 1. The van der Waals surface area contributed by atoms with Gasteiger partial charge in [0.25, 0.3) is 0 Å². The van der Waals surface area contributed by atoms with Crippen LogP contribution < -0.4 is 9.64 Å². The van der Waals surface area contributed by atoms with Crippen molar-refractivity contribution in [3.05, 3.63) is 23.8 Å². The van der Waals surface area contributed by atoms with Crippen molar-refractivity contribution in [2.75, 3.05) is 24.6 Å². The highest BCUT2D eigenvalue weighted by atomic mass is 16.5. The number of benzene rings is 1. The Bertz CT molecular complexity index is 349. The van der Waals surface area contributed by atoms with E-state index in [1.54, 1.807) is 0 Å². The molecule has 2 rings (SSSR count). The molecule has 1 aromatic rings. The minimum absolute atomic E-state index is 0.309. The summed E-state index contributed by atoms with van der Waals surface area (Å²) < 4.78 is 5.57. The average Bonchev–Trinajstić information content (AvgIpc) is 2.18. The van der Waals surface area contributed by atoms with Gasteiger partial charge in [-0.15, -0.1) is 0 Å². The topological polar surface area (TPSA) is 32.7 Å². The molecular formula is C12H17NO2. The van der Waals surface area contributed by atoms with E-state index < -0.39 is 0 Å². The zero-order valence-electron chi connectivity index (χ0n) is 9.23. The van der Waals surface area contributed by atoms with Crippen molar-refractivity contribution in [3.63, 3.8) is 0 Å². The van der Waals surface area contributed by atoms with Crippen molar-refractivity contribution < 1.29 is 9.84 Å². The molecule has 3 nitrogen and oxygen atoms in total. The Morgan fingerprint density at radius 1 is 1.53 bits per heavy atom. The first kappa shape index (κ1) is 10.3. The van der Waals surface area contributed by atoms with Gasteiger partial charge < -0.3 is 14.7 Å². The lowest BCUT2D eigenvalue weighted by molar-refractivity contribution is 0.194. The molecular weight excluding hydrogens is 190 g/mol. The fraction of sp³-hybridized carbons (Fsp3) is 0.500. The van der Waals surface area contributed by atoms with Gasteiger partial charge in [0.1, 0.15) is 12.4 Å². The minimum Gasteiger partial charge on any atom is -0.490 e. The van der Waals surface area contributed by atoms with Crippen LogP contribution in [0.4, 0.5) is 5.69 Å². The summed E-state index contributed by atoms with van der Waals surface area (Å²) in [6, 6.07) is 6.15. The van der Waals surface area contributed by atoms with Crippen LogP contribution in [0.15, 0.2) is 18.2 Å². The average molecular weight is 207 g/mol. The highest BCUT2D eigenvalue weighted by Gasteiger charge is 2.18. The molecule has 0 saturated heterocycles. The molecule has 0 radical (unpaired) electrons. The number of β-amino-alcohol motifs (C(OH)–C–C–N with tert-alkyl or cyclic N) is 1. The summed E-state index contributed by atoms with van der Waals surface area (Å²) in [4.78, 5) is 2.18. The zero-order valence-corrected chi connectivity index (χ0v) is 9.23. The molecule has 15 heavy (non-hydrogen) atoms. The van der Waals surface area contributed by atoms with Crippen molar-refractivity contribution in [1.29, 1.82) is 0 Å². The standard InChI is InChI=1S/C12H17NO2/c1-9-3-4-12-11(7-9)13(5-6-15-12)8-10(2)14/h3-4,7,10,14H,5-6,8H2,1-2H3. The Balaban J connectivity index is 2.28. The second kappa shape index (κ2) is 4.11. The van der Waals surface area contributed by atoms with Gasteiger partial charge in [-0.1, -0.05) is 6.07 Å². The highest BCUT2D eigenvalue weighted by molar-refractivity contribution is 5.61. The third kappa shape index (κ3) is 2.23. The van der Waals surface area contributed by atoms with Gasteiger partial charge in [0.15, 0.2) is 0 Å². The molecule has 0 saturated carbocycles. The molecule has 0 amide bonds. The van der Waals surface area contributed by atoms with Crippen LogP contribution in [0.2, 0.25) is 0 Å². The Morgan fingerprint density at radius 3 is 3.07 bits per heavy atom. The molecule has 82 valence electrons. The van der Waals surface area contributed by atoms with Crippen molar-refractivity contribution in [2.24, 2.45) is 0 Å². The summed E-state index contributed by atoms with van der Waals surface area (Å²) in [5.74, 6) is 0.924. The van der Waals surface area contributed by atoms with Crippen LogP contribution in [0.3, 0.4) is 0 Å². The van der Waals surface area contributed by atoms with Gasteiger partial charge >= 0.3 is 0 Å². The van der Waals surface area contributed by atoms with Crippen LogP contribution in [0, 0.1) is 6.92 Å². The summed E-state index contributed by atoms with van der Waals surface area (Å²) in [6.07, 6.45) is -0.309. The monoisotopic (exact) mass is 207 g/mol. The lowest BCUT2D eigenvalue weighted by Gasteiger charge is -2.32. The van der Waals surface area contributed by atoms with Crippen LogP contribution in [-0.4, -0.2) is 30.9 Å². The van der Waals surface area contributed by atoms with Gasteiger partial charge in [-0.05, 0) is 31.5 Å². The van der Waals surface area contributed by atoms with Crippen molar-refractivity contribution in [1.82, 2.24) is 0 Å². The number of aryl methyl sites for hydroxylation is 1. The molecule has 0 fully saturated rings. The van der Waals surface area contributed by atoms with E-state index in [0.717, 1.165) is 18.0 Å². The summed E-state index contributed by atoms with van der Waals surface area (Å²) in [5.41, 5.74) is 2.32. The Kier molecular flexibility index (Phi) is 2.82. The number of hydrogen-bond acceptors (Lipinski definition) is 3. The third-order valence-electron chi connectivity index (χ3n) is 2.56. The van der Waals surface area contributed by atoms with E-state index in [0.29, 0.717) is 13.2 Å². The third-order valence-corrected chi connectivity index (χ3v) is 2.56. The van der Waals surface area contributed by atoms with Gasteiger partial charge in [-0.2, -0.15) is 0 Å². The Morgan fingerprint density at radius 2 is 2.33 bits per heavy atom. The number of hydrogen-bond donors (Lipinski definition) is 1. The summed E-state index contributed by atoms with van der Waals surface area (Å²) in [5, 5.41) is 9.42. The van der Waals surface area contributed by atoms with Gasteiger partial charge in [0, 0.05) is 6.54 Å². The van der Waals surface area contributed by atoms with Gasteiger partial charge in [0.2, 0.25) is 0 Å². The van der Waals surface area contributed by atoms with E-state index >= 15 is 0 Å². The lowest BCUT2D eigenvalue weighted by atomic mass is 10.1. The maximum Gasteiger partial charge on any atom is 0.142 e. The molecule has 0 aromatic heterocycles. The SMILES string of the molecule is Cc1ccc2c(c1)N(CC(C)O)CCO2. The largest absolute Gasteiger partial charge is 0.490 e. The predicted octanol–water partition coefficient (Wildman–Crippen LogP) is 1.57. The number of rotatable bonds is 2. The van der Waals surface area contributed by atoms with E-state index in [2.05, 4.69) is 17.9 Å². The Labute approximate surface area is 90.3 Å². The van der Waals surface area contributed by atoms with E-state index in [9.17, 15) is 5.11 Å². The fourth-order valence-corrected chi connectivity index (χ4v) is 1.89. The van der Waals surface area contributed by atoms with E-state index in [4.69, 9.17) is 4.74 Å². The van der Waals surface area contributed by atoms with Crippen molar-refractivity contribution >= 4 is 5.69 Å². The van der Waals surface area contributed by atoms with Crippen molar-refractivity contribution in [3.8, 4) is 5.75 Å². The molecule has 1 aliphatic heterocycles. The van der Waals surface area contributed by atoms with Crippen molar-refractivity contribution in [2.45, 2.75) is 20.0 Å². The first-order chi connectivity index (χ1) is 7.16. The zero-order chi connectivity index (χ0) is 10.8. The normalized spacial score (nSPS) is 16.9. The molecule has 0 spiro atoms. The Hall–Kier alpha value is -1.22. The molecule has 1 N–H and O–H groups in total. The maximum atomic E-state index is 9.42. The van der Waals surface area contributed by atoms with Gasteiger partial charge in [-0.25, -0.2) is 0 Å². The smallest absolute Gasteiger partial charge is 0.142 e. The lowest BCUT2D eigenvalue weighted by Crippen LogP contribution is -2.37. The van der Waals surface area contributed by atoms with E-state index in [-0.39, 0.29) is 6.10 Å². The predicted molar refractivity (Wildman–Crippen MR) is 60.6 cm³/mol. The number of anilines is 1. The summed E-state index contributed by atoms with van der Waals surface area (Å²) in [7, 11) is 0. The molecule has 1 atom stereocenters. The van der Waals surface area contributed by atoms with Gasteiger partial charge in [-0.3, -0.25) is 0 Å². The first-order valence-corrected chi connectivity index (χ1v) is 5.33. The highest BCUT2D eigenvalue weighted by Crippen LogP contribution is 2.32. The maximum absolute atomic E-state index is 9.42. The second-order valence-corrected chi connectivity index (χ2v) is 4.11. The van der Waals surface area contributed by atoms with Crippen LogP contribution >= 0.6 is 0 Å². The summed E-state index contributed by atoms with van der Waals surface area (Å²) in [6.45, 7) is 6.09. The van der Waals surface area contributed by atoms with E-state index in [1.807, 2.05) is 19.1 Å². The fourth-order valence-electron chi connectivity index (χ4n) is 1.89. The molecule has 1 unspecified atom stereocenters. The molecule has 0 aliphatic carbocycles. The number of fused-ring (bicyclic) bond motifs is 1. The molecule has 1 aliphatic rings. The van der Waals surface area contributed by atoms with Gasteiger partial charge in [0.05, 0.1) is 18.3 Å². The molecule has 1 heterocycles. The van der Waals surface area contributed by atoms with Crippen LogP contribution in [0.25, 0.3) is 0 Å². The second-order valence-electron chi connectivity index (χ2n) is 4.11. The summed E-state index contributed by atoms with van der Waals surface area (Å²) >= 11 is 0. The molecule has 3 heteroatoms. The minimum atomic E-state index is -0.309. The van der Waals surface area contributed by atoms with Crippen LogP contribution in [-0.2, 0) is 0 Å². The van der Waals surface area contributed by atoms with Crippen LogP contribution in [0.5, 0.6) is 5.75 Å².